The Bertz CT molecular complexity index is 1360. The lowest BCUT2D eigenvalue weighted by molar-refractivity contribution is -0.305. The van der Waals surface area contributed by atoms with Crippen molar-refractivity contribution in [3.05, 3.63) is 69.8 Å². The summed E-state index contributed by atoms with van der Waals surface area (Å²) in [6, 6.07) is 11.6. The van der Waals surface area contributed by atoms with Crippen LogP contribution in [-0.4, -0.2) is 18.4 Å². The Kier molecular flexibility index (Phi) is 5.33. The lowest BCUT2D eigenvalue weighted by Crippen LogP contribution is -2.32. The molecule has 31 heavy (non-hydrogen) atoms. The summed E-state index contributed by atoms with van der Waals surface area (Å²) in [7, 11) is 0. The van der Waals surface area contributed by atoms with Gasteiger partial charge in [-0.15, -0.1) is 0 Å². The normalized spacial score (nSPS) is 11.2. The maximum atomic E-state index is 12.6. The second kappa shape index (κ2) is 8.10. The number of rotatable bonds is 6. The smallest absolute Gasteiger partial charge is 0.340 e. The maximum absolute atomic E-state index is 12.6. The van der Waals surface area contributed by atoms with Crippen LogP contribution in [0.2, 0.25) is 0 Å². The van der Waals surface area contributed by atoms with Crippen LogP contribution in [0.15, 0.2) is 56.3 Å². The number of nitrogens with one attached hydrogen (secondary N) is 1. The fourth-order valence-electron chi connectivity index (χ4n) is 3.85. The predicted molar refractivity (Wildman–Crippen MR) is 114 cm³/mol. The van der Waals surface area contributed by atoms with Crippen LogP contribution in [0.4, 0.5) is 0 Å². The molecule has 0 fully saturated rings. The quantitative estimate of drug-likeness (QED) is 0.482. The van der Waals surface area contributed by atoms with Gasteiger partial charge >= 0.3 is 5.63 Å². The number of carboxylic acid groups (broad SMARTS) is 1. The van der Waals surface area contributed by atoms with Crippen LogP contribution in [0.25, 0.3) is 33.1 Å². The van der Waals surface area contributed by atoms with Crippen molar-refractivity contribution in [3.63, 3.8) is 0 Å². The lowest BCUT2D eigenvalue weighted by Gasteiger charge is -2.10. The van der Waals surface area contributed by atoms with Crippen molar-refractivity contribution in [3.8, 4) is 11.1 Å². The first kappa shape index (κ1) is 20.4. The van der Waals surface area contributed by atoms with Crippen molar-refractivity contribution >= 4 is 33.8 Å². The number of fused-ring (bicyclic) bond motifs is 3. The molecule has 1 amide bonds. The molecule has 2 aromatic heterocycles. The van der Waals surface area contributed by atoms with Crippen molar-refractivity contribution in [2.24, 2.45) is 0 Å². The highest BCUT2D eigenvalue weighted by atomic mass is 16.4. The van der Waals surface area contributed by atoms with Gasteiger partial charge in [-0.3, -0.25) is 4.79 Å². The van der Waals surface area contributed by atoms with E-state index in [-0.39, 0.29) is 24.9 Å². The van der Waals surface area contributed by atoms with E-state index in [0.29, 0.717) is 22.1 Å². The monoisotopic (exact) mass is 418 g/mol. The van der Waals surface area contributed by atoms with E-state index >= 15 is 0 Å². The van der Waals surface area contributed by atoms with Crippen LogP contribution in [-0.2, 0) is 16.0 Å². The van der Waals surface area contributed by atoms with E-state index in [0.717, 1.165) is 22.1 Å². The lowest BCUT2D eigenvalue weighted by atomic mass is 9.96. The average molecular weight is 418 g/mol. The molecule has 7 nitrogen and oxygen atoms in total. The number of carbonyl (C=O) groups excluding carboxylic acids is 2. The molecule has 0 spiro atoms. The van der Waals surface area contributed by atoms with Gasteiger partial charge in [0.25, 0.3) is 0 Å². The summed E-state index contributed by atoms with van der Waals surface area (Å²) in [5.41, 5.74) is 4.03. The molecular formula is C24H20NO6-. The molecule has 0 atom stereocenters. The minimum atomic E-state index is -1.26. The molecule has 0 aliphatic rings. The summed E-state index contributed by atoms with van der Waals surface area (Å²) in [4.78, 5) is 35.3. The second-order valence-corrected chi connectivity index (χ2v) is 7.43. The molecule has 0 saturated heterocycles. The van der Waals surface area contributed by atoms with Gasteiger partial charge in [-0.2, -0.15) is 0 Å². The van der Waals surface area contributed by atoms with Crippen LogP contribution >= 0.6 is 0 Å². The number of amides is 1. The summed E-state index contributed by atoms with van der Waals surface area (Å²) in [6.45, 7) is 3.61. The SMILES string of the molecule is Cc1cc2oc(=O)c(CC(=O)NCCC(=O)[O-])c(C)c2c2occ(-c3ccccc3)c12. The molecule has 1 N–H and O–H groups in total. The minimum absolute atomic E-state index is 0.0683. The Morgan fingerprint density at radius 3 is 2.55 bits per heavy atom. The summed E-state index contributed by atoms with van der Waals surface area (Å²) in [5.74, 6) is -1.73. The van der Waals surface area contributed by atoms with Crippen molar-refractivity contribution in [1.29, 1.82) is 0 Å². The molecule has 158 valence electrons. The molecule has 7 heteroatoms. The highest BCUT2D eigenvalue weighted by Gasteiger charge is 2.21. The van der Waals surface area contributed by atoms with Gasteiger partial charge in [-0.05, 0) is 36.6 Å². The van der Waals surface area contributed by atoms with Crippen molar-refractivity contribution < 1.29 is 23.5 Å². The summed E-state index contributed by atoms with van der Waals surface area (Å²) < 4.78 is 11.5. The fraction of sp³-hybridized carbons (Fsp3) is 0.208. The van der Waals surface area contributed by atoms with Crippen molar-refractivity contribution in [2.45, 2.75) is 26.7 Å². The zero-order valence-corrected chi connectivity index (χ0v) is 17.1. The van der Waals surface area contributed by atoms with E-state index in [1.54, 1.807) is 19.3 Å². The van der Waals surface area contributed by atoms with Gasteiger partial charge in [-0.25, -0.2) is 4.79 Å². The van der Waals surface area contributed by atoms with E-state index in [9.17, 15) is 19.5 Å². The molecule has 4 rings (SSSR count). The van der Waals surface area contributed by atoms with E-state index in [1.165, 1.54) is 0 Å². The first-order valence-corrected chi connectivity index (χ1v) is 9.86. The molecule has 2 heterocycles. The molecule has 0 aliphatic heterocycles. The van der Waals surface area contributed by atoms with Gasteiger partial charge in [0, 0.05) is 29.9 Å². The minimum Gasteiger partial charge on any atom is -0.550 e. The number of aryl methyl sites for hydroxylation is 2. The van der Waals surface area contributed by atoms with E-state index in [2.05, 4.69) is 5.32 Å². The van der Waals surface area contributed by atoms with Gasteiger partial charge in [-0.1, -0.05) is 30.3 Å². The molecule has 0 radical (unpaired) electrons. The van der Waals surface area contributed by atoms with Gasteiger partial charge in [0.1, 0.15) is 11.2 Å². The summed E-state index contributed by atoms with van der Waals surface area (Å²) >= 11 is 0. The van der Waals surface area contributed by atoms with Crippen LogP contribution in [0.3, 0.4) is 0 Å². The highest BCUT2D eigenvalue weighted by molar-refractivity contribution is 6.11. The number of hydrogen-bond donors (Lipinski definition) is 1. The van der Waals surface area contributed by atoms with Gasteiger partial charge < -0.3 is 24.1 Å². The van der Waals surface area contributed by atoms with Gasteiger partial charge in [0.2, 0.25) is 5.91 Å². The summed E-state index contributed by atoms with van der Waals surface area (Å²) in [6.07, 6.45) is 1.16. The number of furan rings is 1. The van der Waals surface area contributed by atoms with E-state index < -0.39 is 17.5 Å². The van der Waals surface area contributed by atoms with Crippen LogP contribution < -0.4 is 16.0 Å². The predicted octanol–water partition coefficient (Wildman–Crippen LogP) is 2.62. The summed E-state index contributed by atoms with van der Waals surface area (Å²) in [5, 5.41) is 14.5. The Morgan fingerprint density at radius 1 is 1.10 bits per heavy atom. The Labute approximate surface area is 177 Å². The zero-order valence-electron chi connectivity index (χ0n) is 17.1. The maximum Gasteiger partial charge on any atom is 0.340 e. The first-order chi connectivity index (χ1) is 14.9. The second-order valence-electron chi connectivity index (χ2n) is 7.43. The topological polar surface area (TPSA) is 113 Å². The number of carbonyl (C=O) groups is 2. The molecule has 0 saturated carbocycles. The average Bonchev–Trinajstić information content (AvgIpc) is 3.17. The van der Waals surface area contributed by atoms with Crippen LogP contribution in [0, 0.1) is 13.8 Å². The standard InChI is InChI=1S/C24H21NO6/c1-13-10-18-22(23-21(13)17(12-30-23)15-6-4-3-5-7-15)14(2)16(24(29)31-18)11-19(26)25-9-8-20(27)28/h3-7,10,12H,8-9,11H2,1-2H3,(H,25,26)(H,27,28)/p-1. The molecule has 0 aliphatic carbocycles. The van der Waals surface area contributed by atoms with Crippen molar-refractivity contribution in [2.75, 3.05) is 6.54 Å². The Balaban J connectivity index is 1.82. The zero-order chi connectivity index (χ0) is 22.1. The molecule has 4 aromatic rings. The van der Waals surface area contributed by atoms with Crippen molar-refractivity contribution in [1.82, 2.24) is 5.32 Å². The molecule has 0 unspecified atom stereocenters. The largest absolute Gasteiger partial charge is 0.550 e. The van der Waals surface area contributed by atoms with Gasteiger partial charge in [0.05, 0.1) is 23.6 Å². The number of hydrogen-bond acceptors (Lipinski definition) is 6. The molecular weight excluding hydrogens is 398 g/mol. The highest BCUT2D eigenvalue weighted by Crippen LogP contribution is 2.38. The molecule has 2 aromatic carbocycles. The van der Waals surface area contributed by atoms with Crippen LogP contribution in [0.5, 0.6) is 0 Å². The number of aliphatic carboxylic acids is 1. The first-order valence-electron chi connectivity index (χ1n) is 9.86. The Hall–Kier alpha value is -3.87. The Morgan fingerprint density at radius 2 is 1.84 bits per heavy atom. The number of benzene rings is 2. The third-order valence-electron chi connectivity index (χ3n) is 5.36. The molecule has 0 bridgehead atoms. The third-order valence-corrected chi connectivity index (χ3v) is 5.36. The van der Waals surface area contributed by atoms with E-state index in [4.69, 9.17) is 8.83 Å². The fourth-order valence-corrected chi connectivity index (χ4v) is 3.85. The van der Waals surface area contributed by atoms with Gasteiger partial charge in [0.15, 0.2) is 0 Å². The van der Waals surface area contributed by atoms with E-state index in [1.807, 2.05) is 37.3 Å². The third kappa shape index (κ3) is 3.82. The van der Waals surface area contributed by atoms with Crippen LogP contribution in [0.1, 0.15) is 23.1 Å². The number of carboxylic acids is 1.